The first-order valence-electron chi connectivity index (χ1n) is 7.10. The zero-order chi connectivity index (χ0) is 16.8. The van der Waals surface area contributed by atoms with E-state index in [4.69, 9.17) is 9.47 Å². The zero-order valence-corrected chi connectivity index (χ0v) is 14.5. The van der Waals surface area contributed by atoms with Crippen molar-refractivity contribution in [1.82, 2.24) is 0 Å². The van der Waals surface area contributed by atoms with Crippen molar-refractivity contribution >= 4 is 27.7 Å². The lowest BCUT2D eigenvalue weighted by molar-refractivity contribution is 0.0318. The van der Waals surface area contributed by atoms with Gasteiger partial charge in [-0.2, -0.15) is 0 Å². The number of benzene rings is 2. The average Bonchev–Trinajstić information content (AvgIpc) is 2.55. The van der Waals surface area contributed by atoms with Crippen LogP contribution in [0.25, 0.3) is 0 Å². The molecule has 4 nitrogen and oxygen atoms in total. The van der Waals surface area contributed by atoms with E-state index in [0.717, 1.165) is 10.0 Å². The van der Waals surface area contributed by atoms with E-state index < -0.39 is 12.1 Å². The lowest BCUT2D eigenvalue weighted by atomic mass is 10.1. The molecule has 2 aromatic carbocycles. The SMILES string of the molecule is COCc1cccc(C(=O)O[C@H](C)C(=O)c2ccc(Br)cc2)c1. The van der Waals surface area contributed by atoms with Crippen LogP contribution in [0.3, 0.4) is 0 Å². The molecule has 0 amide bonds. The fraction of sp³-hybridized carbons (Fsp3) is 0.222. The first-order chi connectivity index (χ1) is 11.0. The number of hydrogen-bond acceptors (Lipinski definition) is 4. The molecule has 0 bridgehead atoms. The third kappa shape index (κ3) is 4.74. The van der Waals surface area contributed by atoms with Crippen molar-refractivity contribution in [1.29, 1.82) is 0 Å². The van der Waals surface area contributed by atoms with Gasteiger partial charge in [0.2, 0.25) is 5.78 Å². The van der Waals surface area contributed by atoms with Crippen molar-refractivity contribution in [3.05, 3.63) is 69.7 Å². The van der Waals surface area contributed by atoms with Crippen molar-refractivity contribution < 1.29 is 19.1 Å². The van der Waals surface area contributed by atoms with Gasteiger partial charge in [0.1, 0.15) is 0 Å². The average molecular weight is 377 g/mol. The first-order valence-corrected chi connectivity index (χ1v) is 7.89. The second kappa shape index (κ2) is 8.04. The molecule has 23 heavy (non-hydrogen) atoms. The van der Waals surface area contributed by atoms with Crippen LogP contribution in [0.1, 0.15) is 33.2 Å². The number of hydrogen-bond donors (Lipinski definition) is 0. The summed E-state index contributed by atoms with van der Waals surface area (Å²) in [5, 5.41) is 0. The van der Waals surface area contributed by atoms with Gasteiger partial charge in [-0.1, -0.05) is 40.2 Å². The fourth-order valence-electron chi connectivity index (χ4n) is 2.09. The van der Waals surface area contributed by atoms with E-state index >= 15 is 0 Å². The number of carbonyl (C=O) groups is 2. The summed E-state index contributed by atoms with van der Waals surface area (Å²) in [5.41, 5.74) is 1.77. The van der Waals surface area contributed by atoms with Crippen LogP contribution in [-0.2, 0) is 16.1 Å². The van der Waals surface area contributed by atoms with Crippen molar-refractivity contribution in [2.75, 3.05) is 7.11 Å². The smallest absolute Gasteiger partial charge is 0.338 e. The maximum atomic E-state index is 12.3. The molecule has 0 radical (unpaired) electrons. The summed E-state index contributed by atoms with van der Waals surface area (Å²) < 4.78 is 11.2. The van der Waals surface area contributed by atoms with Crippen molar-refractivity contribution in [2.45, 2.75) is 19.6 Å². The van der Waals surface area contributed by atoms with Gasteiger partial charge < -0.3 is 9.47 Å². The van der Waals surface area contributed by atoms with E-state index in [-0.39, 0.29) is 5.78 Å². The molecule has 0 fully saturated rings. The molecule has 0 aliphatic heterocycles. The highest BCUT2D eigenvalue weighted by Gasteiger charge is 2.20. The van der Waals surface area contributed by atoms with Crippen molar-refractivity contribution in [3.63, 3.8) is 0 Å². The number of carbonyl (C=O) groups excluding carboxylic acids is 2. The van der Waals surface area contributed by atoms with Crippen LogP contribution < -0.4 is 0 Å². The second-order valence-electron chi connectivity index (χ2n) is 5.05. The Labute approximate surface area is 143 Å². The Balaban J connectivity index is 2.05. The molecular formula is C18H17BrO4. The van der Waals surface area contributed by atoms with Gasteiger partial charge in [-0.3, -0.25) is 4.79 Å². The van der Waals surface area contributed by atoms with E-state index in [2.05, 4.69) is 15.9 Å². The number of ether oxygens (including phenoxy) is 2. The summed E-state index contributed by atoms with van der Waals surface area (Å²) in [5.74, 6) is -0.764. The lowest BCUT2D eigenvalue weighted by Crippen LogP contribution is -2.24. The summed E-state index contributed by atoms with van der Waals surface area (Å²) in [6.07, 6.45) is -0.852. The summed E-state index contributed by atoms with van der Waals surface area (Å²) >= 11 is 3.32. The topological polar surface area (TPSA) is 52.6 Å². The molecule has 0 aromatic heterocycles. The largest absolute Gasteiger partial charge is 0.451 e. The Hall–Kier alpha value is -1.98. The molecule has 0 unspecified atom stereocenters. The molecule has 2 aromatic rings. The Morgan fingerprint density at radius 2 is 1.78 bits per heavy atom. The van der Waals surface area contributed by atoms with Crippen LogP contribution in [0.4, 0.5) is 0 Å². The zero-order valence-electron chi connectivity index (χ0n) is 12.9. The highest BCUT2D eigenvalue weighted by atomic mass is 79.9. The minimum absolute atomic E-state index is 0.237. The van der Waals surface area contributed by atoms with Crippen LogP contribution in [0.15, 0.2) is 53.0 Å². The molecule has 0 saturated heterocycles. The predicted octanol–water partition coefficient (Wildman–Crippen LogP) is 4.02. The van der Waals surface area contributed by atoms with Gasteiger partial charge in [-0.15, -0.1) is 0 Å². The van der Waals surface area contributed by atoms with E-state index in [0.29, 0.717) is 17.7 Å². The van der Waals surface area contributed by atoms with Crippen molar-refractivity contribution in [3.8, 4) is 0 Å². The standard InChI is InChI=1S/C18H17BrO4/c1-12(17(20)14-6-8-16(19)9-7-14)23-18(21)15-5-3-4-13(10-15)11-22-2/h3-10,12H,11H2,1-2H3/t12-/m1/s1. The van der Waals surface area contributed by atoms with Gasteiger partial charge in [0.05, 0.1) is 12.2 Å². The number of ketones is 1. The number of halogens is 1. The van der Waals surface area contributed by atoms with Crippen LogP contribution in [0.5, 0.6) is 0 Å². The Bertz CT molecular complexity index is 694. The summed E-state index contributed by atoms with van der Waals surface area (Å²) in [7, 11) is 1.59. The summed E-state index contributed by atoms with van der Waals surface area (Å²) in [4.78, 5) is 24.5. The molecule has 0 heterocycles. The third-order valence-electron chi connectivity index (χ3n) is 3.26. The van der Waals surface area contributed by atoms with E-state index in [1.807, 2.05) is 6.07 Å². The van der Waals surface area contributed by atoms with Crippen LogP contribution in [0, 0.1) is 0 Å². The second-order valence-corrected chi connectivity index (χ2v) is 5.97. The predicted molar refractivity (Wildman–Crippen MR) is 90.5 cm³/mol. The third-order valence-corrected chi connectivity index (χ3v) is 3.78. The molecule has 0 saturated carbocycles. The quantitative estimate of drug-likeness (QED) is 0.564. The monoisotopic (exact) mass is 376 g/mol. The number of Topliss-reactive ketones (excluding diaryl/α,β-unsaturated/α-hetero) is 1. The van der Waals surface area contributed by atoms with Gasteiger partial charge in [-0.05, 0) is 36.8 Å². The highest BCUT2D eigenvalue weighted by Crippen LogP contribution is 2.14. The molecule has 2 rings (SSSR count). The van der Waals surface area contributed by atoms with Gasteiger partial charge in [0.15, 0.2) is 6.10 Å². The molecule has 1 atom stereocenters. The number of methoxy groups -OCH3 is 1. The molecular weight excluding hydrogens is 360 g/mol. The van der Waals surface area contributed by atoms with E-state index in [1.165, 1.54) is 0 Å². The minimum Gasteiger partial charge on any atom is -0.451 e. The van der Waals surface area contributed by atoms with Crippen LogP contribution >= 0.6 is 15.9 Å². The summed E-state index contributed by atoms with van der Waals surface area (Å²) in [6.45, 7) is 1.98. The Kier molecular flexibility index (Phi) is 6.07. The van der Waals surface area contributed by atoms with Crippen molar-refractivity contribution in [2.24, 2.45) is 0 Å². The van der Waals surface area contributed by atoms with Gasteiger partial charge in [-0.25, -0.2) is 4.79 Å². The summed E-state index contributed by atoms with van der Waals surface area (Å²) in [6, 6.07) is 13.9. The van der Waals surface area contributed by atoms with E-state index in [1.54, 1.807) is 56.5 Å². The van der Waals surface area contributed by atoms with Gasteiger partial charge in [0, 0.05) is 17.1 Å². The molecule has 0 spiro atoms. The van der Waals surface area contributed by atoms with Crippen LogP contribution in [-0.4, -0.2) is 25.0 Å². The minimum atomic E-state index is -0.852. The molecule has 0 aliphatic rings. The van der Waals surface area contributed by atoms with Crippen LogP contribution in [0.2, 0.25) is 0 Å². The lowest BCUT2D eigenvalue weighted by Gasteiger charge is -2.13. The highest BCUT2D eigenvalue weighted by molar-refractivity contribution is 9.10. The maximum Gasteiger partial charge on any atom is 0.338 e. The van der Waals surface area contributed by atoms with Gasteiger partial charge in [0.25, 0.3) is 0 Å². The number of esters is 1. The Morgan fingerprint density at radius 1 is 1.09 bits per heavy atom. The first kappa shape index (κ1) is 17.4. The molecule has 5 heteroatoms. The molecule has 120 valence electrons. The molecule has 0 aliphatic carbocycles. The maximum absolute atomic E-state index is 12.3. The molecule has 0 N–H and O–H groups in total. The van der Waals surface area contributed by atoms with E-state index in [9.17, 15) is 9.59 Å². The number of rotatable bonds is 6. The Morgan fingerprint density at radius 3 is 2.43 bits per heavy atom. The normalized spacial score (nSPS) is 11.8. The fourth-order valence-corrected chi connectivity index (χ4v) is 2.35. The van der Waals surface area contributed by atoms with Gasteiger partial charge >= 0.3 is 5.97 Å².